The molecule has 1 N–H and O–H groups in total. The Morgan fingerprint density at radius 3 is 2.89 bits per heavy atom. The van der Waals surface area contributed by atoms with Crippen LogP contribution >= 0.6 is 11.8 Å². The lowest BCUT2D eigenvalue weighted by Gasteiger charge is -2.34. The molecular formula is C12H12O5S. The highest BCUT2D eigenvalue weighted by Gasteiger charge is 2.48. The van der Waals surface area contributed by atoms with Crippen LogP contribution in [0, 0.1) is 0 Å². The molecule has 0 aliphatic carbocycles. The van der Waals surface area contributed by atoms with Gasteiger partial charge in [0, 0.05) is 0 Å². The van der Waals surface area contributed by atoms with E-state index in [1.54, 1.807) is 12.1 Å². The molecule has 5 nitrogen and oxygen atoms in total. The number of fused-ring (bicyclic) bond motifs is 1. The molecule has 1 aromatic rings. The molecule has 0 unspecified atom stereocenters. The molecule has 2 fully saturated rings. The van der Waals surface area contributed by atoms with Gasteiger partial charge < -0.3 is 19.3 Å². The number of rotatable bonds is 2. The van der Waals surface area contributed by atoms with Gasteiger partial charge in [0.2, 0.25) is 6.29 Å². The zero-order valence-electron chi connectivity index (χ0n) is 9.39. The Labute approximate surface area is 108 Å². The van der Waals surface area contributed by atoms with Crippen molar-refractivity contribution < 1.29 is 24.1 Å². The third-order valence-corrected chi connectivity index (χ3v) is 3.88. The summed E-state index contributed by atoms with van der Waals surface area (Å²) in [7, 11) is 0. The molecule has 0 spiro atoms. The third kappa shape index (κ3) is 2.19. The van der Waals surface area contributed by atoms with Crippen molar-refractivity contribution in [3.8, 4) is 5.75 Å². The highest BCUT2D eigenvalue weighted by Crippen LogP contribution is 2.35. The highest BCUT2D eigenvalue weighted by molar-refractivity contribution is 8.14. The van der Waals surface area contributed by atoms with Gasteiger partial charge >= 0.3 is 5.30 Å². The molecule has 3 rings (SSSR count). The number of hydrogen-bond donors (Lipinski definition) is 1. The van der Waals surface area contributed by atoms with E-state index in [9.17, 15) is 9.90 Å². The maximum Gasteiger partial charge on any atom is 0.368 e. The predicted octanol–water partition coefficient (Wildman–Crippen LogP) is 1.40. The molecule has 2 aliphatic rings. The molecule has 2 heterocycles. The molecule has 1 aromatic carbocycles. The first-order valence-corrected chi connectivity index (χ1v) is 6.50. The second-order valence-corrected chi connectivity index (χ2v) is 5.29. The van der Waals surface area contributed by atoms with Crippen LogP contribution < -0.4 is 4.74 Å². The molecule has 0 amide bonds. The summed E-state index contributed by atoms with van der Waals surface area (Å²) in [6, 6.07) is 9.09. The second kappa shape index (κ2) is 4.79. The number of carbonyl (C=O) groups is 1. The predicted molar refractivity (Wildman–Crippen MR) is 64.5 cm³/mol. The number of aliphatic hydroxyl groups is 1. The molecule has 0 bridgehead atoms. The van der Waals surface area contributed by atoms with Gasteiger partial charge in [-0.15, -0.1) is 0 Å². The second-order valence-electron chi connectivity index (χ2n) is 4.11. The van der Waals surface area contributed by atoms with Gasteiger partial charge in [0.05, 0.1) is 11.9 Å². The molecule has 6 heteroatoms. The van der Waals surface area contributed by atoms with Gasteiger partial charge in [-0.2, -0.15) is 0 Å². The summed E-state index contributed by atoms with van der Waals surface area (Å²) in [5, 5.41) is 9.56. The summed E-state index contributed by atoms with van der Waals surface area (Å²) in [6.45, 7) is 0.329. The summed E-state index contributed by atoms with van der Waals surface area (Å²) in [5.74, 6) is 0.608. The van der Waals surface area contributed by atoms with Crippen LogP contribution in [0.5, 0.6) is 5.75 Å². The van der Waals surface area contributed by atoms with Gasteiger partial charge in [0.25, 0.3) is 0 Å². The number of carbonyl (C=O) groups excluding carboxylic acids is 1. The van der Waals surface area contributed by atoms with Gasteiger partial charge in [-0.3, -0.25) is 0 Å². The summed E-state index contributed by atoms with van der Waals surface area (Å²) < 4.78 is 16.0. The maximum atomic E-state index is 11.2. The van der Waals surface area contributed by atoms with E-state index in [0.717, 1.165) is 11.8 Å². The lowest BCUT2D eigenvalue weighted by atomic mass is 10.1. The summed E-state index contributed by atoms with van der Waals surface area (Å²) in [6.07, 6.45) is -2.33. The first-order valence-electron chi connectivity index (χ1n) is 5.63. The third-order valence-electron chi connectivity index (χ3n) is 2.88. The number of thioether (sulfide) groups is 1. The molecule has 0 saturated carbocycles. The van der Waals surface area contributed by atoms with E-state index in [1.165, 1.54) is 0 Å². The van der Waals surface area contributed by atoms with Crippen LogP contribution in [0.3, 0.4) is 0 Å². The maximum absolute atomic E-state index is 11.2. The van der Waals surface area contributed by atoms with Crippen LogP contribution in [0.15, 0.2) is 30.3 Å². The highest BCUT2D eigenvalue weighted by atomic mass is 32.2. The lowest BCUT2D eigenvalue weighted by Crippen LogP contribution is -2.52. The fourth-order valence-corrected chi connectivity index (χ4v) is 2.92. The van der Waals surface area contributed by atoms with E-state index < -0.39 is 18.5 Å². The molecule has 0 radical (unpaired) electrons. The SMILES string of the molecule is O=C1O[C@@H]2[C@@H](O)[C@H](Oc3ccccc3)OC[C@@H]2S1. The summed E-state index contributed by atoms with van der Waals surface area (Å²) >= 11 is 1.06. The summed E-state index contributed by atoms with van der Waals surface area (Å²) in [5.41, 5.74) is 0. The van der Waals surface area contributed by atoms with Crippen LogP contribution in [0.2, 0.25) is 0 Å². The van der Waals surface area contributed by atoms with E-state index in [2.05, 4.69) is 0 Å². The Morgan fingerprint density at radius 1 is 1.33 bits per heavy atom. The molecule has 18 heavy (non-hydrogen) atoms. The minimum absolute atomic E-state index is 0.150. The van der Waals surface area contributed by atoms with Crippen molar-refractivity contribution in [2.75, 3.05) is 6.61 Å². The summed E-state index contributed by atoms with van der Waals surface area (Å²) in [4.78, 5) is 11.2. The van der Waals surface area contributed by atoms with Crippen molar-refractivity contribution in [2.45, 2.75) is 23.7 Å². The largest absolute Gasteiger partial charge is 0.462 e. The zero-order chi connectivity index (χ0) is 12.5. The Balaban J connectivity index is 1.69. The number of para-hydroxylation sites is 1. The molecule has 0 aromatic heterocycles. The Bertz CT molecular complexity index is 437. The fraction of sp³-hybridized carbons (Fsp3) is 0.417. The zero-order valence-corrected chi connectivity index (χ0v) is 10.2. The van der Waals surface area contributed by atoms with Gasteiger partial charge in [-0.25, -0.2) is 4.79 Å². The Hall–Kier alpha value is -1.24. The smallest absolute Gasteiger partial charge is 0.368 e. The van der Waals surface area contributed by atoms with Gasteiger partial charge in [0.1, 0.15) is 11.9 Å². The van der Waals surface area contributed by atoms with Crippen LogP contribution in [0.1, 0.15) is 0 Å². The van der Waals surface area contributed by atoms with E-state index >= 15 is 0 Å². The number of aliphatic hydroxyl groups excluding tert-OH is 1. The molecule has 2 aliphatic heterocycles. The van der Waals surface area contributed by atoms with Crippen molar-refractivity contribution in [1.82, 2.24) is 0 Å². The number of benzene rings is 1. The van der Waals surface area contributed by atoms with Crippen molar-refractivity contribution in [3.63, 3.8) is 0 Å². The average molecular weight is 268 g/mol. The van der Waals surface area contributed by atoms with Crippen LogP contribution in [-0.2, 0) is 9.47 Å². The quantitative estimate of drug-likeness (QED) is 0.818. The fourth-order valence-electron chi connectivity index (χ4n) is 2.00. The van der Waals surface area contributed by atoms with Crippen molar-refractivity contribution in [1.29, 1.82) is 0 Å². The van der Waals surface area contributed by atoms with Crippen molar-refractivity contribution in [3.05, 3.63) is 30.3 Å². The molecule has 96 valence electrons. The van der Waals surface area contributed by atoms with Crippen molar-refractivity contribution in [2.24, 2.45) is 0 Å². The first kappa shape index (κ1) is 11.8. The van der Waals surface area contributed by atoms with Crippen LogP contribution in [0.4, 0.5) is 4.79 Å². The number of ether oxygens (including phenoxy) is 3. The Kier molecular flexibility index (Phi) is 3.15. The van der Waals surface area contributed by atoms with Gasteiger partial charge in [-0.05, 0) is 23.9 Å². The van der Waals surface area contributed by atoms with E-state index in [4.69, 9.17) is 14.2 Å². The minimum atomic E-state index is -0.970. The monoisotopic (exact) mass is 268 g/mol. The van der Waals surface area contributed by atoms with Crippen LogP contribution in [-0.4, -0.2) is 40.8 Å². The van der Waals surface area contributed by atoms with Gasteiger partial charge in [0.15, 0.2) is 6.10 Å². The number of hydrogen-bond acceptors (Lipinski definition) is 6. The standard InChI is InChI=1S/C12H12O5S/c13-9-10-8(18-12(14)17-10)6-15-11(9)16-7-4-2-1-3-5-7/h1-5,8-11,13H,6H2/t8-,9+,10-,11-/m0/s1. The first-order chi connectivity index (χ1) is 8.74. The minimum Gasteiger partial charge on any atom is -0.462 e. The average Bonchev–Trinajstić information content (AvgIpc) is 2.76. The van der Waals surface area contributed by atoms with E-state index in [1.807, 2.05) is 18.2 Å². The molecular weight excluding hydrogens is 256 g/mol. The molecule has 4 atom stereocenters. The molecule has 2 saturated heterocycles. The van der Waals surface area contributed by atoms with E-state index in [-0.39, 0.29) is 10.6 Å². The van der Waals surface area contributed by atoms with Gasteiger partial charge in [-0.1, -0.05) is 18.2 Å². The van der Waals surface area contributed by atoms with Crippen molar-refractivity contribution >= 4 is 17.1 Å². The topological polar surface area (TPSA) is 65.0 Å². The van der Waals surface area contributed by atoms with Crippen LogP contribution in [0.25, 0.3) is 0 Å². The Morgan fingerprint density at radius 2 is 2.11 bits per heavy atom. The normalized spacial score (nSPS) is 34.8. The van der Waals surface area contributed by atoms with E-state index in [0.29, 0.717) is 12.4 Å². The lowest BCUT2D eigenvalue weighted by molar-refractivity contribution is -0.200.